The molecule has 0 spiro atoms. The summed E-state index contributed by atoms with van der Waals surface area (Å²) in [6.07, 6.45) is 3.55. The van der Waals surface area contributed by atoms with E-state index in [0.29, 0.717) is 11.7 Å². The first-order chi connectivity index (χ1) is 7.24. The molecule has 0 amide bonds. The Hall–Kier alpha value is -1.22. The van der Waals surface area contributed by atoms with Gasteiger partial charge < -0.3 is 15.6 Å². The van der Waals surface area contributed by atoms with Crippen LogP contribution in [-0.4, -0.2) is 12.2 Å². The Morgan fingerprint density at radius 3 is 2.73 bits per heavy atom. The second kappa shape index (κ2) is 4.11. The highest BCUT2D eigenvalue weighted by atomic mass is 16.5. The van der Waals surface area contributed by atoms with Gasteiger partial charge in [-0.3, -0.25) is 0 Å². The van der Waals surface area contributed by atoms with Crippen molar-refractivity contribution in [3.05, 3.63) is 23.8 Å². The normalized spacial score (nSPS) is 18.3. The van der Waals surface area contributed by atoms with Crippen molar-refractivity contribution < 1.29 is 9.84 Å². The molecule has 0 aliphatic heterocycles. The fourth-order valence-corrected chi connectivity index (χ4v) is 2.08. The van der Waals surface area contributed by atoms with Gasteiger partial charge in [-0.1, -0.05) is 12.5 Å². The highest BCUT2D eigenvalue weighted by Crippen LogP contribution is 2.42. The molecule has 0 bridgehead atoms. The maximum atomic E-state index is 9.80. The minimum absolute atomic E-state index is 0.102. The largest absolute Gasteiger partial charge is 0.507 e. The lowest BCUT2D eigenvalue weighted by Gasteiger charge is -2.32. The Kier molecular flexibility index (Phi) is 2.82. The number of phenolic OH excluding ortho intramolecular Hbond substituents is 1. The third-order valence-corrected chi connectivity index (χ3v) is 3.25. The SMILES string of the molecule is COc1cccc(O)c1[C@@H](N)C1CCC1. The fraction of sp³-hybridized carbons (Fsp3) is 0.500. The number of ether oxygens (including phenoxy) is 1. The lowest BCUT2D eigenvalue weighted by Crippen LogP contribution is -2.27. The van der Waals surface area contributed by atoms with Crippen LogP contribution < -0.4 is 10.5 Å². The summed E-state index contributed by atoms with van der Waals surface area (Å²) in [6.45, 7) is 0. The standard InChI is InChI=1S/C12H17NO2/c1-15-10-7-3-6-9(14)11(10)12(13)8-4-2-5-8/h3,6-8,12,14H,2,4-5,13H2,1H3/t12-/m0/s1. The van der Waals surface area contributed by atoms with Crippen molar-refractivity contribution in [1.82, 2.24) is 0 Å². The first-order valence-corrected chi connectivity index (χ1v) is 5.35. The van der Waals surface area contributed by atoms with E-state index in [9.17, 15) is 5.11 Å². The smallest absolute Gasteiger partial charge is 0.127 e. The van der Waals surface area contributed by atoms with E-state index in [1.165, 1.54) is 6.42 Å². The Bertz CT molecular complexity index is 347. The molecule has 3 nitrogen and oxygen atoms in total. The number of rotatable bonds is 3. The van der Waals surface area contributed by atoms with E-state index in [4.69, 9.17) is 10.5 Å². The molecule has 0 heterocycles. The molecule has 1 aromatic carbocycles. The molecule has 2 rings (SSSR count). The topological polar surface area (TPSA) is 55.5 Å². The summed E-state index contributed by atoms with van der Waals surface area (Å²) in [5.41, 5.74) is 6.89. The first-order valence-electron chi connectivity index (χ1n) is 5.35. The van der Waals surface area contributed by atoms with Gasteiger partial charge in [0.25, 0.3) is 0 Å². The van der Waals surface area contributed by atoms with Gasteiger partial charge >= 0.3 is 0 Å². The molecule has 1 atom stereocenters. The summed E-state index contributed by atoms with van der Waals surface area (Å²) < 4.78 is 5.23. The average molecular weight is 207 g/mol. The van der Waals surface area contributed by atoms with E-state index < -0.39 is 0 Å². The van der Waals surface area contributed by atoms with Crippen LogP contribution >= 0.6 is 0 Å². The summed E-state index contributed by atoms with van der Waals surface area (Å²) in [7, 11) is 1.60. The third-order valence-electron chi connectivity index (χ3n) is 3.25. The number of nitrogens with two attached hydrogens (primary N) is 1. The second-order valence-electron chi connectivity index (χ2n) is 4.11. The molecular formula is C12H17NO2. The number of benzene rings is 1. The molecule has 3 N–H and O–H groups in total. The zero-order chi connectivity index (χ0) is 10.8. The highest BCUT2D eigenvalue weighted by molar-refractivity contribution is 5.46. The van der Waals surface area contributed by atoms with Crippen LogP contribution in [0.5, 0.6) is 11.5 Å². The van der Waals surface area contributed by atoms with Crippen molar-refractivity contribution in [3.8, 4) is 11.5 Å². The number of methoxy groups -OCH3 is 1. The number of aromatic hydroxyl groups is 1. The van der Waals surface area contributed by atoms with Crippen LogP contribution in [0.4, 0.5) is 0 Å². The van der Waals surface area contributed by atoms with E-state index in [0.717, 1.165) is 18.4 Å². The molecule has 1 aliphatic carbocycles. The van der Waals surface area contributed by atoms with Crippen molar-refractivity contribution in [2.45, 2.75) is 25.3 Å². The Morgan fingerprint density at radius 1 is 1.47 bits per heavy atom. The second-order valence-corrected chi connectivity index (χ2v) is 4.11. The highest BCUT2D eigenvalue weighted by Gasteiger charge is 2.29. The molecule has 0 saturated heterocycles. The van der Waals surface area contributed by atoms with Gasteiger partial charge in [0.05, 0.1) is 12.7 Å². The van der Waals surface area contributed by atoms with E-state index >= 15 is 0 Å². The van der Waals surface area contributed by atoms with Crippen LogP contribution in [0.3, 0.4) is 0 Å². The molecule has 1 aliphatic rings. The lowest BCUT2D eigenvalue weighted by molar-refractivity contribution is 0.255. The van der Waals surface area contributed by atoms with Gasteiger partial charge in [-0.25, -0.2) is 0 Å². The Labute approximate surface area is 89.9 Å². The van der Waals surface area contributed by atoms with E-state index in [1.807, 2.05) is 6.07 Å². The predicted molar refractivity (Wildman–Crippen MR) is 58.9 cm³/mol. The van der Waals surface area contributed by atoms with Crippen LogP contribution in [-0.2, 0) is 0 Å². The molecule has 15 heavy (non-hydrogen) atoms. The Balaban J connectivity index is 2.31. The monoisotopic (exact) mass is 207 g/mol. The molecule has 3 heteroatoms. The van der Waals surface area contributed by atoms with Crippen molar-refractivity contribution in [2.24, 2.45) is 11.7 Å². The van der Waals surface area contributed by atoms with Gasteiger partial charge in [0.15, 0.2) is 0 Å². The van der Waals surface area contributed by atoms with Crippen LogP contribution in [0.25, 0.3) is 0 Å². The maximum Gasteiger partial charge on any atom is 0.127 e. The van der Waals surface area contributed by atoms with Gasteiger partial charge in [0, 0.05) is 6.04 Å². The van der Waals surface area contributed by atoms with Crippen molar-refractivity contribution in [2.75, 3.05) is 7.11 Å². The lowest BCUT2D eigenvalue weighted by atomic mass is 9.77. The van der Waals surface area contributed by atoms with Crippen molar-refractivity contribution in [3.63, 3.8) is 0 Å². The molecule has 0 aromatic heterocycles. The van der Waals surface area contributed by atoms with Crippen LogP contribution in [0.1, 0.15) is 30.9 Å². The van der Waals surface area contributed by atoms with E-state index in [2.05, 4.69) is 0 Å². The number of phenols is 1. The van der Waals surface area contributed by atoms with Crippen molar-refractivity contribution >= 4 is 0 Å². The minimum Gasteiger partial charge on any atom is -0.507 e. The van der Waals surface area contributed by atoms with E-state index in [1.54, 1.807) is 19.2 Å². The van der Waals surface area contributed by atoms with Gasteiger partial charge in [0.1, 0.15) is 11.5 Å². The third kappa shape index (κ3) is 1.79. The molecule has 0 radical (unpaired) electrons. The number of hydrogen-bond donors (Lipinski definition) is 2. The van der Waals surface area contributed by atoms with Gasteiger partial charge in [-0.15, -0.1) is 0 Å². The molecule has 1 fully saturated rings. The predicted octanol–water partition coefficient (Wildman–Crippen LogP) is 2.20. The fourth-order valence-electron chi connectivity index (χ4n) is 2.08. The molecule has 1 aromatic rings. The zero-order valence-corrected chi connectivity index (χ0v) is 8.94. The molecule has 1 saturated carbocycles. The Morgan fingerprint density at radius 2 is 2.20 bits per heavy atom. The number of hydrogen-bond acceptors (Lipinski definition) is 3. The minimum atomic E-state index is -0.102. The van der Waals surface area contributed by atoms with Gasteiger partial charge in [-0.2, -0.15) is 0 Å². The summed E-state index contributed by atoms with van der Waals surface area (Å²) in [6, 6.07) is 5.17. The molecule has 82 valence electrons. The molecular weight excluding hydrogens is 190 g/mol. The van der Waals surface area contributed by atoms with E-state index in [-0.39, 0.29) is 11.8 Å². The van der Waals surface area contributed by atoms with Crippen molar-refractivity contribution in [1.29, 1.82) is 0 Å². The van der Waals surface area contributed by atoms with Crippen LogP contribution in [0.2, 0.25) is 0 Å². The van der Waals surface area contributed by atoms with Gasteiger partial charge in [-0.05, 0) is 30.9 Å². The van der Waals surface area contributed by atoms with Gasteiger partial charge in [0.2, 0.25) is 0 Å². The molecule has 0 unspecified atom stereocenters. The zero-order valence-electron chi connectivity index (χ0n) is 8.94. The summed E-state index contributed by atoms with van der Waals surface area (Å²) in [5, 5.41) is 9.80. The quantitative estimate of drug-likeness (QED) is 0.798. The van der Waals surface area contributed by atoms with Crippen LogP contribution in [0.15, 0.2) is 18.2 Å². The summed E-state index contributed by atoms with van der Waals surface area (Å²) in [4.78, 5) is 0. The first kappa shape index (κ1) is 10.3. The summed E-state index contributed by atoms with van der Waals surface area (Å²) >= 11 is 0. The summed E-state index contributed by atoms with van der Waals surface area (Å²) in [5.74, 6) is 1.43. The van der Waals surface area contributed by atoms with Crippen LogP contribution in [0, 0.1) is 5.92 Å². The maximum absolute atomic E-state index is 9.80. The average Bonchev–Trinajstić information content (AvgIpc) is 2.14.